The first-order chi connectivity index (χ1) is 8.45. The smallest absolute Gasteiger partial charge is 0.373 e. The Morgan fingerprint density at radius 2 is 2.39 bits per heavy atom. The monoisotopic (exact) mass is 316 g/mol. The fourth-order valence-electron chi connectivity index (χ4n) is 1.12. The van der Waals surface area contributed by atoms with Crippen LogP contribution in [0.25, 0.3) is 6.08 Å². The summed E-state index contributed by atoms with van der Waals surface area (Å²) in [5.41, 5.74) is -0.276. The number of rotatable bonds is 4. The summed E-state index contributed by atoms with van der Waals surface area (Å²) in [7, 11) is 0. The fourth-order valence-corrected chi connectivity index (χ4v) is 1.47. The second kappa shape index (κ2) is 6.10. The summed E-state index contributed by atoms with van der Waals surface area (Å²) >= 11 is 3.04. The van der Waals surface area contributed by atoms with Crippen molar-refractivity contribution >= 4 is 33.7 Å². The van der Waals surface area contributed by atoms with Crippen molar-refractivity contribution in [3.63, 3.8) is 0 Å². The van der Waals surface area contributed by atoms with Crippen LogP contribution >= 0.6 is 15.9 Å². The lowest BCUT2D eigenvalue weighted by atomic mass is 10.2. The zero-order valence-corrected chi connectivity index (χ0v) is 10.9. The number of aromatic nitrogens is 1. The molecule has 0 atom stereocenters. The molecule has 0 radical (unpaired) electrons. The number of carbonyl (C=O) groups is 1. The summed E-state index contributed by atoms with van der Waals surface area (Å²) in [6.07, 6.45) is 1.98. The Balaban J connectivity index is 3.16. The molecule has 1 heterocycles. The number of aliphatic hydroxyl groups is 1. The molecule has 0 aliphatic rings. The van der Waals surface area contributed by atoms with Gasteiger partial charge in [0.25, 0.3) is 5.69 Å². The Bertz CT molecular complexity index is 515. The third-order valence-corrected chi connectivity index (χ3v) is 2.29. The zero-order chi connectivity index (χ0) is 13.7. The van der Waals surface area contributed by atoms with Crippen molar-refractivity contribution in [2.45, 2.75) is 6.92 Å². The van der Waals surface area contributed by atoms with Crippen LogP contribution in [0.2, 0.25) is 0 Å². The van der Waals surface area contributed by atoms with E-state index in [4.69, 9.17) is 0 Å². The Hall–Kier alpha value is -1.96. The second-order valence-corrected chi connectivity index (χ2v) is 3.89. The third kappa shape index (κ3) is 3.52. The average molecular weight is 317 g/mol. The highest BCUT2D eigenvalue weighted by atomic mass is 79.9. The number of ether oxygens (including phenoxy) is 1. The molecular weight excluding hydrogens is 308 g/mol. The summed E-state index contributed by atoms with van der Waals surface area (Å²) in [5.74, 6) is -1.65. The fraction of sp³-hybridized carbons (Fsp3) is 0.200. The predicted molar refractivity (Wildman–Crippen MR) is 65.8 cm³/mol. The molecule has 0 saturated heterocycles. The van der Waals surface area contributed by atoms with Crippen LogP contribution in [0.15, 0.2) is 22.6 Å². The number of esters is 1. The normalized spacial score (nSPS) is 11.1. The number of hydrogen-bond acceptors (Lipinski definition) is 6. The van der Waals surface area contributed by atoms with Gasteiger partial charge >= 0.3 is 5.97 Å². The van der Waals surface area contributed by atoms with Gasteiger partial charge in [0.05, 0.1) is 17.1 Å². The van der Waals surface area contributed by atoms with Gasteiger partial charge in [-0.15, -0.1) is 0 Å². The highest BCUT2D eigenvalue weighted by molar-refractivity contribution is 9.10. The lowest BCUT2D eigenvalue weighted by Gasteiger charge is -2.01. The van der Waals surface area contributed by atoms with Crippen molar-refractivity contribution in [2.75, 3.05) is 6.61 Å². The molecule has 0 bridgehead atoms. The van der Waals surface area contributed by atoms with Gasteiger partial charge in [-0.1, -0.05) is 0 Å². The summed E-state index contributed by atoms with van der Waals surface area (Å²) in [5, 5.41) is 20.2. The van der Waals surface area contributed by atoms with E-state index in [-0.39, 0.29) is 17.9 Å². The molecule has 0 aliphatic carbocycles. The van der Waals surface area contributed by atoms with Crippen LogP contribution < -0.4 is 0 Å². The van der Waals surface area contributed by atoms with E-state index in [1.54, 1.807) is 6.92 Å². The minimum Gasteiger partial charge on any atom is -0.502 e. The molecule has 8 heteroatoms. The summed E-state index contributed by atoms with van der Waals surface area (Å²) in [4.78, 5) is 24.9. The van der Waals surface area contributed by atoms with Gasteiger partial charge in [-0.2, -0.15) is 0 Å². The van der Waals surface area contributed by atoms with E-state index in [9.17, 15) is 20.0 Å². The van der Waals surface area contributed by atoms with Crippen LogP contribution in [0.3, 0.4) is 0 Å². The molecule has 0 spiro atoms. The van der Waals surface area contributed by atoms with E-state index < -0.39 is 16.7 Å². The molecule has 96 valence electrons. The van der Waals surface area contributed by atoms with Crippen molar-refractivity contribution in [2.24, 2.45) is 0 Å². The SMILES string of the molecule is CCOC(=O)C(O)=Cc1cc(Br)ncc1[N+](=O)[O-]. The van der Waals surface area contributed by atoms with E-state index in [1.807, 2.05) is 0 Å². The van der Waals surface area contributed by atoms with Crippen LogP contribution in [-0.4, -0.2) is 27.6 Å². The number of halogens is 1. The van der Waals surface area contributed by atoms with E-state index in [1.165, 1.54) is 6.07 Å². The van der Waals surface area contributed by atoms with Gasteiger partial charge in [0, 0.05) is 6.08 Å². The number of pyridine rings is 1. The van der Waals surface area contributed by atoms with Crippen molar-refractivity contribution in [3.8, 4) is 0 Å². The summed E-state index contributed by atoms with van der Waals surface area (Å²) < 4.78 is 4.90. The first-order valence-electron chi connectivity index (χ1n) is 4.83. The van der Waals surface area contributed by atoms with Gasteiger partial charge in [0.15, 0.2) is 0 Å². The van der Waals surface area contributed by atoms with Crippen molar-refractivity contribution in [1.29, 1.82) is 0 Å². The number of carbonyl (C=O) groups excluding carboxylic acids is 1. The van der Waals surface area contributed by atoms with Gasteiger partial charge < -0.3 is 9.84 Å². The van der Waals surface area contributed by atoms with Gasteiger partial charge in [-0.25, -0.2) is 9.78 Å². The molecule has 0 fully saturated rings. The summed E-state index contributed by atoms with van der Waals surface area (Å²) in [6, 6.07) is 1.31. The number of aliphatic hydroxyl groups excluding tert-OH is 1. The van der Waals surface area contributed by atoms with Crippen molar-refractivity contribution in [3.05, 3.63) is 38.3 Å². The molecule has 1 rings (SSSR count). The maximum atomic E-state index is 11.2. The van der Waals surface area contributed by atoms with Crippen LogP contribution in [0.1, 0.15) is 12.5 Å². The predicted octanol–water partition coefficient (Wildman–Crippen LogP) is 2.21. The first-order valence-corrected chi connectivity index (χ1v) is 5.62. The van der Waals surface area contributed by atoms with E-state index in [0.29, 0.717) is 4.60 Å². The molecule has 1 aromatic rings. The third-order valence-electron chi connectivity index (χ3n) is 1.85. The van der Waals surface area contributed by atoms with Crippen molar-refractivity contribution in [1.82, 2.24) is 4.98 Å². The maximum absolute atomic E-state index is 11.2. The number of hydrogen-bond donors (Lipinski definition) is 1. The van der Waals surface area contributed by atoms with E-state index in [0.717, 1.165) is 12.3 Å². The van der Waals surface area contributed by atoms with Gasteiger partial charge in [0.1, 0.15) is 10.8 Å². The lowest BCUT2D eigenvalue weighted by Crippen LogP contribution is -2.07. The standard InChI is InChI=1S/C10H9BrN2O5/c1-2-18-10(15)8(14)3-6-4-9(11)12-5-7(6)13(16)17/h3-5,14H,2H2,1H3. The summed E-state index contributed by atoms with van der Waals surface area (Å²) in [6.45, 7) is 1.68. The van der Waals surface area contributed by atoms with E-state index in [2.05, 4.69) is 25.7 Å². The molecule has 0 unspecified atom stereocenters. The van der Waals surface area contributed by atoms with E-state index >= 15 is 0 Å². The van der Waals surface area contributed by atoms with Gasteiger partial charge in [-0.3, -0.25) is 10.1 Å². The molecule has 18 heavy (non-hydrogen) atoms. The maximum Gasteiger partial charge on any atom is 0.373 e. The first kappa shape index (κ1) is 14.1. The minimum atomic E-state index is -0.945. The van der Waals surface area contributed by atoms with Gasteiger partial charge in [-0.05, 0) is 28.9 Å². The Kier molecular flexibility index (Phi) is 4.78. The molecule has 0 amide bonds. The lowest BCUT2D eigenvalue weighted by molar-refractivity contribution is -0.385. The van der Waals surface area contributed by atoms with Crippen molar-refractivity contribution < 1.29 is 19.6 Å². The number of nitro groups is 1. The second-order valence-electron chi connectivity index (χ2n) is 3.07. The highest BCUT2D eigenvalue weighted by Gasteiger charge is 2.16. The van der Waals surface area contributed by atoms with Crippen LogP contribution in [0.4, 0.5) is 5.69 Å². The molecule has 1 aromatic heterocycles. The molecule has 0 aliphatic heterocycles. The highest BCUT2D eigenvalue weighted by Crippen LogP contribution is 2.22. The molecule has 1 N–H and O–H groups in total. The number of nitrogens with zero attached hydrogens (tertiary/aromatic N) is 2. The van der Waals surface area contributed by atoms with Crippen LogP contribution in [0, 0.1) is 10.1 Å². The average Bonchev–Trinajstić information content (AvgIpc) is 2.28. The Morgan fingerprint density at radius 3 is 2.94 bits per heavy atom. The molecular formula is C10H9BrN2O5. The largest absolute Gasteiger partial charge is 0.502 e. The Labute approximate surface area is 110 Å². The minimum absolute atomic E-state index is 0.0485. The Morgan fingerprint density at radius 1 is 1.72 bits per heavy atom. The zero-order valence-electron chi connectivity index (χ0n) is 9.29. The van der Waals surface area contributed by atoms with Crippen LogP contribution in [0.5, 0.6) is 0 Å². The quantitative estimate of drug-likeness (QED) is 0.228. The van der Waals surface area contributed by atoms with Gasteiger partial charge in [0.2, 0.25) is 5.76 Å². The topological polar surface area (TPSA) is 103 Å². The molecule has 0 saturated carbocycles. The molecule has 7 nitrogen and oxygen atoms in total. The van der Waals surface area contributed by atoms with Crippen LogP contribution in [-0.2, 0) is 9.53 Å². The molecule has 0 aromatic carbocycles.